The van der Waals surface area contributed by atoms with Crippen LogP contribution in [0.3, 0.4) is 0 Å². The van der Waals surface area contributed by atoms with Gasteiger partial charge in [0.2, 0.25) is 0 Å². The lowest BCUT2D eigenvalue weighted by atomic mass is 10.1. The number of piperidine rings is 1. The summed E-state index contributed by atoms with van der Waals surface area (Å²) in [6, 6.07) is 0.356. The van der Waals surface area contributed by atoms with Gasteiger partial charge < -0.3 is 15.4 Å². The van der Waals surface area contributed by atoms with Gasteiger partial charge in [-0.2, -0.15) is 0 Å². The van der Waals surface area contributed by atoms with Crippen LogP contribution in [0.15, 0.2) is 0 Å². The Labute approximate surface area is 90.8 Å². The summed E-state index contributed by atoms with van der Waals surface area (Å²) in [5.41, 5.74) is -0.442. The van der Waals surface area contributed by atoms with Crippen molar-refractivity contribution in [2.75, 3.05) is 6.54 Å². The molecule has 2 fully saturated rings. The number of alkyl carbamates (subject to hydrolysis) is 1. The number of nitrogens with one attached hydrogen (secondary N) is 2. The van der Waals surface area contributed by atoms with E-state index in [9.17, 15) is 4.79 Å². The molecule has 86 valence electrons. The van der Waals surface area contributed by atoms with E-state index < -0.39 is 5.60 Å². The van der Waals surface area contributed by atoms with E-state index in [2.05, 4.69) is 17.6 Å². The molecule has 0 spiro atoms. The van der Waals surface area contributed by atoms with Gasteiger partial charge in [0.25, 0.3) is 0 Å². The molecule has 1 heterocycles. The van der Waals surface area contributed by atoms with Crippen LogP contribution in [0.4, 0.5) is 4.79 Å². The number of fused-ring (bicyclic) bond motifs is 1. The topological polar surface area (TPSA) is 50.4 Å². The fourth-order valence-electron chi connectivity index (χ4n) is 2.39. The third-order valence-electron chi connectivity index (χ3n) is 3.33. The first kappa shape index (κ1) is 10.7. The molecule has 1 saturated heterocycles. The Bertz CT molecular complexity index is 285. The molecule has 0 unspecified atom stereocenters. The summed E-state index contributed by atoms with van der Waals surface area (Å²) in [4.78, 5) is 11.6. The van der Waals surface area contributed by atoms with Gasteiger partial charge in [-0.1, -0.05) is 0 Å². The minimum atomic E-state index is -0.416. The Morgan fingerprint density at radius 2 is 2.20 bits per heavy atom. The van der Waals surface area contributed by atoms with Crippen molar-refractivity contribution in [2.45, 2.75) is 51.3 Å². The quantitative estimate of drug-likeness (QED) is 0.688. The van der Waals surface area contributed by atoms with Crippen molar-refractivity contribution in [3.8, 4) is 0 Å². The van der Waals surface area contributed by atoms with Gasteiger partial charge in [0.15, 0.2) is 0 Å². The predicted octanol–water partition coefficient (Wildman–Crippen LogP) is 1.26. The van der Waals surface area contributed by atoms with Crippen LogP contribution < -0.4 is 10.6 Å². The Morgan fingerprint density at radius 1 is 1.53 bits per heavy atom. The highest BCUT2D eigenvalue weighted by molar-refractivity contribution is 5.70. The van der Waals surface area contributed by atoms with E-state index in [1.165, 1.54) is 0 Å². The van der Waals surface area contributed by atoms with E-state index in [1.807, 2.05) is 20.8 Å². The Morgan fingerprint density at radius 3 is 2.60 bits per heavy atom. The summed E-state index contributed by atoms with van der Waals surface area (Å²) in [6.45, 7) is 8.77. The van der Waals surface area contributed by atoms with E-state index in [0.717, 1.165) is 13.0 Å². The van der Waals surface area contributed by atoms with Crippen LogP contribution in [0.1, 0.15) is 34.1 Å². The van der Waals surface area contributed by atoms with Gasteiger partial charge in [0, 0.05) is 12.6 Å². The molecule has 2 aliphatic rings. The van der Waals surface area contributed by atoms with Crippen LogP contribution >= 0.6 is 0 Å². The summed E-state index contributed by atoms with van der Waals surface area (Å²) in [7, 11) is 0. The third kappa shape index (κ3) is 1.95. The van der Waals surface area contributed by atoms with Gasteiger partial charge in [0.1, 0.15) is 5.60 Å². The van der Waals surface area contributed by atoms with Crippen LogP contribution in [-0.4, -0.2) is 29.8 Å². The number of carbonyl (C=O) groups excluding carboxylic acids is 1. The fraction of sp³-hybridized carbons (Fsp3) is 0.909. The van der Waals surface area contributed by atoms with Crippen molar-refractivity contribution in [1.82, 2.24) is 10.6 Å². The van der Waals surface area contributed by atoms with Crippen molar-refractivity contribution < 1.29 is 9.53 Å². The summed E-state index contributed by atoms with van der Waals surface area (Å²) in [5.74, 6) is 0.597. The summed E-state index contributed by atoms with van der Waals surface area (Å²) in [6.07, 6.45) is 0.793. The zero-order chi connectivity index (χ0) is 11.3. The molecule has 0 aromatic rings. The largest absolute Gasteiger partial charge is 0.444 e. The molecular weight excluding hydrogens is 192 g/mol. The smallest absolute Gasteiger partial charge is 0.408 e. The molecule has 0 aromatic heterocycles. The SMILES string of the molecule is C[C@H]1NC[C@H]2C[C@]21NC(=O)OC(C)(C)C. The van der Waals surface area contributed by atoms with Crippen LogP contribution in [0, 0.1) is 5.92 Å². The molecule has 2 N–H and O–H groups in total. The van der Waals surface area contributed by atoms with Crippen molar-refractivity contribution in [1.29, 1.82) is 0 Å². The molecule has 4 nitrogen and oxygen atoms in total. The number of rotatable bonds is 1. The predicted molar refractivity (Wildman–Crippen MR) is 57.7 cm³/mol. The van der Waals surface area contributed by atoms with Gasteiger partial charge in [-0.05, 0) is 40.0 Å². The first-order valence-electron chi connectivity index (χ1n) is 5.58. The monoisotopic (exact) mass is 212 g/mol. The highest BCUT2D eigenvalue weighted by atomic mass is 16.6. The Balaban J connectivity index is 1.90. The molecule has 2 rings (SSSR count). The number of carbonyl (C=O) groups is 1. The van der Waals surface area contributed by atoms with Gasteiger partial charge in [-0.3, -0.25) is 0 Å². The molecule has 15 heavy (non-hydrogen) atoms. The van der Waals surface area contributed by atoms with Gasteiger partial charge >= 0.3 is 6.09 Å². The maximum atomic E-state index is 11.6. The van der Waals surface area contributed by atoms with Gasteiger partial charge in [-0.25, -0.2) is 4.79 Å². The second-order valence-electron chi connectivity index (χ2n) is 5.70. The van der Waals surface area contributed by atoms with Crippen LogP contribution in [0.2, 0.25) is 0 Å². The minimum absolute atomic E-state index is 0.0255. The lowest BCUT2D eigenvalue weighted by Gasteiger charge is -2.25. The van der Waals surface area contributed by atoms with Crippen molar-refractivity contribution in [3.63, 3.8) is 0 Å². The zero-order valence-corrected chi connectivity index (χ0v) is 9.89. The summed E-state index contributed by atoms with van der Waals surface area (Å²) >= 11 is 0. The Kier molecular flexibility index (Phi) is 2.23. The molecule has 0 radical (unpaired) electrons. The van der Waals surface area contributed by atoms with E-state index in [0.29, 0.717) is 12.0 Å². The van der Waals surface area contributed by atoms with E-state index in [-0.39, 0.29) is 11.6 Å². The molecule has 0 bridgehead atoms. The normalized spacial score (nSPS) is 38.4. The molecule has 3 atom stereocenters. The van der Waals surface area contributed by atoms with E-state index in [4.69, 9.17) is 4.74 Å². The first-order valence-corrected chi connectivity index (χ1v) is 5.58. The molecule has 1 aliphatic carbocycles. The Hall–Kier alpha value is -0.770. The summed E-state index contributed by atoms with van der Waals surface area (Å²) < 4.78 is 5.26. The van der Waals surface area contributed by atoms with Gasteiger partial charge in [-0.15, -0.1) is 0 Å². The van der Waals surface area contributed by atoms with Crippen molar-refractivity contribution >= 4 is 6.09 Å². The molecule has 1 saturated carbocycles. The molecule has 1 amide bonds. The number of amides is 1. The highest BCUT2D eigenvalue weighted by Gasteiger charge is 2.62. The first-order chi connectivity index (χ1) is 6.83. The average Bonchev–Trinajstić information content (AvgIpc) is 2.64. The average molecular weight is 212 g/mol. The van der Waals surface area contributed by atoms with Crippen molar-refractivity contribution in [2.24, 2.45) is 5.92 Å². The third-order valence-corrected chi connectivity index (χ3v) is 3.33. The molecule has 1 aliphatic heterocycles. The summed E-state index contributed by atoms with van der Waals surface area (Å²) in [5, 5.41) is 6.37. The number of hydrogen-bond donors (Lipinski definition) is 2. The minimum Gasteiger partial charge on any atom is -0.444 e. The highest BCUT2D eigenvalue weighted by Crippen LogP contribution is 2.49. The van der Waals surface area contributed by atoms with E-state index >= 15 is 0 Å². The van der Waals surface area contributed by atoms with Gasteiger partial charge in [0.05, 0.1) is 5.54 Å². The molecular formula is C11H20N2O2. The lowest BCUT2D eigenvalue weighted by molar-refractivity contribution is 0.0488. The molecule has 0 aromatic carbocycles. The number of ether oxygens (including phenoxy) is 1. The molecule has 4 heteroatoms. The van der Waals surface area contributed by atoms with Crippen molar-refractivity contribution in [3.05, 3.63) is 0 Å². The maximum absolute atomic E-state index is 11.6. The zero-order valence-electron chi connectivity index (χ0n) is 9.89. The van der Waals surface area contributed by atoms with Crippen LogP contribution in [0.25, 0.3) is 0 Å². The second kappa shape index (κ2) is 3.11. The second-order valence-corrected chi connectivity index (χ2v) is 5.70. The fourth-order valence-corrected chi connectivity index (χ4v) is 2.39. The van der Waals surface area contributed by atoms with E-state index in [1.54, 1.807) is 0 Å². The van der Waals surface area contributed by atoms with Crippen LogP contribution in [-0.2, 0) is 4.74 Å². The standard InChI is InChI=1S/C11H20N2O2/c1-7-11(5-8(11)6-12-7)13-9(14)15-10(2,3)4/h7-8,12H,5-6H2,1-4H3,(H,13,14)/t7-,8-,11-/m1/s1. The lowest BCUT2D eigenvalue weighted by Crippen LogP contribution is -2.48. The van der Waals surface area contributed by atoms with Crippen LogP contribution in [0.5, 0.6) is 0 Å². The number of hydrogen-bond acceptors (Lipinski definition) is 3. The maximum Gasteiger partial charge on any atom is 0.408 e.